The van der Waals surface area contributed by atoms with Crippen molar-refractivity contribution in [2.45, 2.75) is 51.2 Å². The third-order valence-electron chi connectivity index (χ3n) is 3.58. The van der Waals surface area contributed by atoms with E-state index in [0.717, 1.165) is 6.54 Å². The lowest BCUT2D eigenvalue weighted by Crippen LogP contribution is -2.33. The first-order chi connectivity index (χ1) is 6.81. The number of rotatable bonds is 1. The van der Waals surface area contributed by atoms with Gasteiger partial charge in [0.25, 0.3) is 0 Å². The van der Waals surface area contributed by atoms with Crippen molar-refractivity contribution >= 4 is 0 Å². The number of methoxy groups -OCH3 is 1. The summed E-state index contributed by atoms with van der Waals surface area (Å²) in [5.41, 5.74) is 3.24. The Hall–Kier alpha value is -0.340. The van der Waals surface area contributed by atoms with E-state index < -0.39 is 0 Å². The van der Waals surface area contributed by atoms with Gasteiger partial charge in [0.1, 0.15) is 0 Å². The van der Waals surface area contributed by atoms with Crippen LogP contribution in [0, 0.1) is 0 Å². The molecule has 1 saturated carbocycles. The Bertz CT molecular complexity index is 224. The van der Waals surface area contributed by atoms with Crippen LogP contribution in [0.4, 0.5) is 0 Å². The first kappa shape index (κ1) is 10.2. The minimum Gasteiger partial charge on any atom is -0.377 e. The maximum absolute atomic E-state index is 5.52. The Balaban J connectivity index is 2.06. The van der Waals surface area contributed by atoms with Gasteiger partial charge in [-0.25, -0.2) is 0 Å². The molecule has 1 saturated heterocycles. The van der Waals surface area contributed by atoms with Crippen LogP contribution in [0.15, 0.2) is 11.1 Å². The lowest BCUT2D eigenvalue weighted by atomic mass is 9.95. The van der Waals surface area contributed by atoms with Crippen LogP contribution in [-0.2, 0) is 4.74 Å². The third kappa shape index (κ3) is 2.01. The number of ether oxygens (including phenoxy) is 1. The molecule has 1 aliphatic heterocycles. The smallest absolute Gasteiger partial charge is 0.0784 e. The Morgan fingerprint density at radius 1 is 1.29 bits per heavy atom. The molecule has 2 heteroatoms. The first-order valence-corrected chi connectivity index (χ1v) is 5.78. The lowest BCUT2D eigenvalue weighted by molar-refractivity contribution is 0.135. The Kier molecular flexibility index (Phi) is 3.24. The Labute approximate surface area is 86.7 Å². The second kappa shape index (κ2) is 4.45. The summed E-state index contributed by atoms with van der Waals surface area (Å²) in [6.07, 6.45) is 6.81. The molecule has 80 valence electrons. The number of hydrogen-bond donors (Lipinski definition) is 1. The van der Waals surface area contributed by atoms with Crippen LogP contribution in [-0.4, -0.2) is 25.8 Å². The summed E-state index contributed by atoms with van der Waals surface area (Å²) >= 11 is 0. The van der Waals surface area contributed by atoms with Crippen LogP contribution >= 0.6 is 0 Å². The van der Waals surface area contributed by atoms with E-state index in [1.54, 1.807) is 11.1 Å². The summed E-state index contributed by atoms with van der Waals surface area (Å²) in [7, 11) is 1.84. The van der Waals surface area contributed by atoms with Crippen molar-refractivity contribution in [1.29, 1.82) is 0 Å². The highest BCUT2D eigenvalue weighted by molar-refractivity contribution is 5.24. The molecule has 2 aliphatic rings. The van der Waals surface area contributed by atoms with Crippen molar-refractivity contribution in [1.82, 2.24) is 5.32 Å². The molecule has 0 aromatic heterocycles. The van der Waals surface area contributed by atoms with Gasteiger partial charge in [0.05, 0.1) is 6.10 Å². The Morgan fingerprint density at radius 2 is 2.14 bits per heavy atom. The quantitative estimate of drug-likeness (QED) is 0.648. The zero-order valence-corrected chi connectivity index (χ0v) is 9.31. The molecular weight excluding hydrogens is 174 g/mol. The largest absolute Gasteiger partial charge is 0.377 e. The predicted molar refractivity (Wildman–Crippen MR) is 58.4 cm³/mol. The van der Waals surface area contributed by atoms with Crippen molar-refractivity contribution in [3.05, 3.63) is 11.1 Å². The van der Waals surface area contributed by atoms with Crippen LogP contribution in [0.5, 0.6) is 0 Å². The van der Waals surface area contributed by atoms with Gasteiger partial charge in [0.2, 0.25) is 0 Å². The molecule has 0 aromatic carbocycles. The van der Waals surface area contributed by atoms with E-state index in [0.29, 0.717) is 12.1 Å². The SMILES string of the molecule is COC1CCC/C1=C1\CCC(C)NC1. The van der Waals surface area contributed by atoms with Crippen LogP contribution in [0.2, 0.25) is 0 Å². The Morgan fingerprint density at radius 3 is 2.79 bits per heavy atom. The zero-order valence-electron chi connectivity index (χ0n) is 9.31. The highest BCUT2D eigenvalue weighted by Crippen LogP contribution is 2.32. The van der Waals surface area contributed by atoms with Crippen molar-refractivity contribution in [3.63, 3.8) is 0 Å². The maximum atomic E-state index is 5.52. The zero-order chi connectivity index (χ0) is 9.97. The van der Waals surface area contributed by atoms with E-state index in [1.807, 2.05) is 7.11 Å². The molecule has 2 unspecified atom stereocenters. The minimum atomic E-state index is 0.431. The van der Waals surface area contributed by atoms with Gasteiger partial charge in [-0.1, -0.05) is 5.57 Å². The molecule has 2 atom stereocenters. The van der Waals surface area contributed by atoms with Crippen LogP contribution < -0.4 is 5.32 Å². The average Bonchev–Trinajstić information content (AvgIpc) is 2.67. The van der Waals surface area contributed by atoms with Gasteiger partial charge in [-0.15, -0.1) is 0 Å². The molecule has 1 N–H and O–H groups in total. The number of nitrogens with one attached hydrogen (secondary N) is 1. The normalized spacial score (nSPS) is 39.0. The van der Waals surface area contributed by atoms with Gasteiger partial charge in [0.15, 0.2) is 0 Å². The standard InChI is InChI=1S/C12H21NO/c1-9-6-7-10(8-13-9)11-4-3-5-12(11)14-2/h9,12-13H,3-8H2,1-2H3/b11-10-. The molecule has 2 nitrogen and oxygen atoms in total. The molecule has 2 rings (SSSR count). The van der Waals surface area contributed by atoms with Crippen molar-refractivity contribution < 1.29 is 4.74 Å². The molecule has 2 fully saturated rings. The third-order valence-corrected chi connectivity index (χ3v) is 3.58. The van der Waals surface area contributed by atoms with Crippen molar-refractivity contribution in [2.24, 2.45) is 0 Å². The van der Waals surface area contributed by atoms with E-state index in [9.17, 15) is 0 Å². The maximum Gasteiger partial charge on any atom is 0.0784 e. The summed E-state index contributed by atoms with van der Waals surface area (Å²) in [4.78, 5) is 0. The second-order valence-electron chi connectivity index (χ2n) is 4.57. The van der Waals surface area contributed by atoms with E-state index >= 15 is 0 Å². The summed E-state index contributed by atoms with van der Waals surface area (Å²) in [5, 5.41) is 3.54. The monoisotopic (exact) mass is 195 g/mol. The summed E-state index contributed by atoms with van der Waals surface area (Å²) in [6.45, 7) is 3.36. The molecule has 0 spiro atoms. The summed E-state index contributed by atoms with van der Waals surface area (Å²) in [6, 6.07) is 0.696. The van der Waals surface area contributed by atoms with Crippen LogP contribution in [0.3, 0.4) is 0 Å². The fourth-order valence-corrected chi connectivity index (χ4v) is 2.63. The van der Waals surface area contributed by atoms with E-state index in [1.165, 1.54) is 32.1 Å². The molecule has 0 bridgehead atoms. The fourth-order valence-electron chi connectivity index (χ4n) is 2.63. The van der Waals surface area contributed by atoms with Crippen LogP contribution in [0.1, 0.15) is 39.0 Å². The molecule has 0 aromatic rings. The molecule has 0 amide bonds. The molecule has 1 heterocycles. The van der Waals surface area contributed by atoms with Crippen molar-refractivity contribution in [3.8, 4) is 0 Å². The predicted octanol–water partition coefficient (Wildman–Crippen LogP) is 2.25. The van der Waals surface area contributed by atoms with Gasteiger partial charge in [-0.3, -0.25) is 0 Å². The first-order valence-electron chi connectivity index (χ1n) is 5.78. The van der Waals surface area contributed by atoms with Gasteiger partial charge in [-0.05, 0) is 44.6 Å². The summed E-state index contributed by atoms with van der Waals surface area (Å²) in [5.74, 6) is 0. The van der Waals surface area contributed by atoms with Gasteiger partial charge in [0, 0.05) is 19.7 Å². The second-order valence-corrected chi connectivity index (χ2v) is 4.57. The van der Waals surface area contributed by atoms with Gasteiger partial charge in [-0.2, -0.15) is 0 Å². The van der Waals surface area contributed by atoms with E-state index in [2.05, 4.69) is 12.2 Å². The van der Waals surface area contributed by atoms with Crippen LogP contribution in [0.25, 0.3) is 0 Å². The van der Waals surface area contributed by atoms with Gasteiger partial charge >= 0.3 is 0 Å². The van der Waals surface area contributed by atoms with E-state index in [-0.39, 0.29) is 0 Å². The topological polar surface area (TPSA) is 21.3 Å². The highest BCUT2D eigenvalue weighted by atomic mass is 16.5. The lowest BCUT2D eigenvalue weighted by Gasteiger charge is -2.25. The summed E-state index contributed by atoms with van der Waals surface area (Å²) < 4.78 is 5.52. The average molecular weight is 195 g/mol. The van der Waals surface area contributed by atoms with Gasteiger partial charge < -0.3 is 10.1 Å². The minimum absolute atomic E-state index is 0.431. The molecular formula is C12H21NO. The molecule has 1 aliphatic carbocycles. The molecule has 14 heavy (non-hydrogen) atoms. The number of piperidine rings is 1. The van der Waals surface area contributed by atoms with E-state index in [4.69, 9.17) is 4.74 Å². The fraction of sp³-hybridized carbons (Fsp3) is 0.833. The highest BCUT2D eigenvalue weighted by Gasteiger charge is 2.25. The number of hydrogen-bond acceptors (Lipinski definition) is 2. The molecule has 0 radical (unpaired) electrons. The van der Waals surface area contributed by atoms with Crippen molar-refractivity contribution in [2.75, 3.05) is 13.7 Å².